The lowest BCUT2D eigenvalue weighted by Gasteiger charge is -2.54. The van der Waals surface area contributed by atoms with Crippen LogP contribution in [-0.4, -0.2) is 38.9 Å². The van der Waals surface area contributed by atoms with Gasteiger partial charge in [-0.2, -0.15) is 0 Å². The molecule has 1 aromatic rings. The fourth-order valence-corrected chi connectivity index (χ4v) is 3.99. The summed E-state index contributed by atoms with van der Waals surface area (Å²) in [6.45, 7) is 6.10. The van der Waals surface area contributed by atoms with Gasteiger partial charge in [0.15, 0.2) is 5.96 Å². The molecular weight excluding hydrogens is 417 g/mol. The van der Waals surface area contributed by atoms with Gasteiger partial charge in [-0.15, -0.1) is 24.0 Å². The second-order valence-electron chi connectivity index (χ2n) is 6.92. The van der Waals surface area contributed by atoms with Crippen LogP contribution in [0, 0.1) is 11.3 Å². The van der Waals surface area contributed by atoms with Crippen LogP contribution in [-0.2, 0) is 11.3 Å². The summed E-state index contributed by atoms with van der Waals surface area (Å²) in [7, 11) is 3.51. The van der Waals surface area contributed by atoms with Crippen LogP contribution in [0.15, 0.2) is 29.3 Å². The van der Waals surface area contributed by atoms with Gasteiger partial charge < -0.3 is 20.1 Å². The van der Waals surface area contributed by atoms with Crippen molar-refractivity contribution in [1.82, 2.24) is 10.6 Å². The lowest BCUT2D eigenvalue weighted by molar-refractivity contribution is -0.106. The molecule has 2 aliphatic rings. The number of halogens is 1. The lowest BCUT2D eigenvalue weighted by Crippen LogP contribution is -2.67. The zero-order valence-corrected chi connectivity index (χ0v) is 17.2. The molecule has 2 fully saturated rings. The van der Waals surface area contributed by atoms with Crippen molar-refractivity contribution in [3.05, 3.63) is 29.8 Å². The molecule has 3 atom stereocenters. The van der Waals surface area contributed by atoms with Crippen molar-refractivity contribution in [3.8, 4) is 5.75 Å². The van der Waals surface area contributed by atoms with Crippen molar-refractivity contribution < 1.29 is 9.47 Å². The largest absolute Gasteiger partial charge is 0.496 e. The van der Waals surface area contributed by atoms with Gasteiger partial charge in [0, 0.05) is 43.1 Å². The minimum atomic E-state index is 0. The van der Waals surface area contributed by atoms with Gasteiger partial charge in [-0.3, -0.25) is 4.99 Å². The SMILES string of the molecule is CN=C(NCc1ccccc1OC)NC1C2CCOC2C1(C)C.I. The molecule has 1 saturated carbocycles. The molecule has 5 nitrogen and oxygen atoms in total. The number of benzene rings is 1. The molecule has 0 radical (unpaired) electrons. The normalized spacial score (nSPS) is 27.5. The van der Waals surface area contributed by atoms with Crippen LogP contribution in [0.2, 0.25) is 0 Å². The molecule has 0 aromatic heterocycles. The monoisotopic (exact) mass is 445 g/mol. The van der Waals surface area contributed by atoms with Gasteiger partial charge in [-0.05, 0) is 12.5 Å². The number of aliphatic imine (C=N–C) groups is 1. The highest BCUT2D eigenvalue weighted by Gasteiger charge is 2.59. The van der Waals surface area contributed by atoms with E-state index in [1.807, 2.05) is 25.2 Å². The molecule has 1 heterocycles. The molecule has 1 aliphatic carbocycles. The molecule has 1 aliphatic heterocycles. The molecule has 134 valence electrons. The number of fused-ring (bicyclic) bond motifs is 1. The average molecular weight is 445 g/mol. The zero-order chi connectivity index (χ0) is 16.4. The maximum absolute atomic E-state index is 5.86. The summed E-state index contributed by atoms with van der Waals surface area (Å²) in [5.41, 5.74) is 1.26. The fraction of sp³-hybridized carbons (Fsp3) is 0.611. The van der Waals surface area contributed by atoms with Gasteiger partial charge in [0.2, 0.25) is 0 Å². The molecule has 0 spiro atoms. The Balaban J connectivity index is 0.00000208. The van der Waals surface area contributed by atoms with Gasteiger partial charge in [0.25, 0.3) is 0 Å². The minimum absolute atomic E-state index is 0. The highest BCUT2D eigenvalue weighted by Crippen LogP contribution is 2.52. The highest BCUT2D eigenvalue weighted by molar-refractivity contribution is 14.0. The van der Waals surface area contributed by atoms with Crippen molar-refractivity contribution in [3.63, 3.8) is 0 Å². The van der Waals surface area contributed by atoms with E-state index in [1.54, 1.807) is 7.11 Å². The van der Waals surface area contributed by atoms with Gasteiger partial charge in [0.05, 0.1) is 13.2 Å². The second kappa shape index (κ2) is 7.91. The molecule has 0 bridgehead atoms. The Morgan fingerprint density at radius 1 is 1.38 bits per heavy atom. The summed E-state index contributed by atoms with van der Waals surface area (Å²) >= 11 is 0. The smallest absolute Gasteiger partial charge is 0.191 e. The molecule has 24 heavy (non-hydrogen) atoms. The first-order valence-electron chi connectivity index (χ1n) is 8.28. The summed E-state index contributed by atoms with van der Waals surface area (Å²) in [6.07, 6.45) is 1.52. The van der Waals surface area contributed by atoms with Gasteiger partial charge in [-0.25, -0.2) is 0 Å². The van der Waals surface area contributed by atoms with Crippen molar-refractivity contribution in [2.75, 3.05) is 20.8 Å². The molecular formula is C18H28IN3O2. The number of nitrogens with zero attached hydrogens (tertiary/aromatic N) is 1. The maximum atomic E-state index is 5.86. The average Bonchev–Trinajstić information content (AvgIpc) is 3.02. The third-order valence-electron chi connectivity index (χ3n) is 5.26. The van der Waals surface area contributed by atoms with Gasteiger partial charge in [-0.1, -0.05) is 32.0 Å². The van der Waals surface area contributed by atoms with E-state index >= 15 is 0 Å². The van der Waals surface area contributed by atoms with E-state index in [0.717, 1.165) is 30.3 Å². The predicted octanol–water partition coefficient (Wildman–Crippen LogP) is 2.79. The van der Waals surface area contributed by atoms with E-state index in [1.165, 1.54) is 0 Å². The van der Waals surface area contributed by atoms with Gasteiger partial charge in [0.1, 0.15) is 5.75 Å². The van der Waals surface area contributed by atoms with E-state index in [2.05, 4.69) is 35.5 Å². The summed E-state index contributed by atoms with van der Waals surface area (Å²) < 4.78 is 11.3. The number of hydrogen-bond acceptors (Lipinski definition) is 3. The zero-order valence-electron chi connectivity index (χ0n) is 14.8. The Hall–Kier alpha value is -1.02. The second-order valence-corrected chi connectivity index (χ2v) is 6.92. The minimum Gasteiger partial charge on any atom is -0.496 e. The van der Waals surface area contributed by atoms with E-state index in [-0.39, 0.29) is 29.4 Å². The van der Waals surface area contributed by atoms with E-state index in [0.29, 0.717) is 24.6 Å². The van der Waals surface area contributed by atoms with Crippen LogP contribution in [0.1, 0.15) is 25.8 Å². The quantitative estimate of drug-likeness (QED) is 0.425. The van der Waals surface area contributed by atoms with Crippen LogP contribution in [0.25, 0.3) is 0 Å². The summed E-state index contributed by atoms with van der Waals surface area (Å²) in [4.78, 5) is 4.37. The Bertz CT molecular complexity index is 591. The Morgan fingerprint density at radius 3 is 2.83 bits per heavy atom. The van der Waals surface area contributed by atoms with E-state index in [9.17, 15) is 0 Å². The summed E-state index contributed by atoms with van der Waals surface area (Å²) in [5, 5.41) is 6.99. The first kappa shape index (κ1) is 19.3. The fourth-order valence-electron chi connectivity index (χ4n) is 3.99. The van der Waals surface area contributed by atoms with E-state index < -0.39 is 0 Å². The van der Waals surface area contributed by atoms with Gasteiger partial charge >= 0.3 is 0 Å². The third kappa shape index (κ3) is 3.49. The first-order valence-corrected chi connectivity index (χ1v) is 8.28. The predicted molar refractivity (Wildman–Crippen MR) is 107 cm³/mol. The molecule has 2 N–H and O–H groups in total. The topological polar surface area (TPSA) is 54.9 Å². The van der Waals surface area contributed by atoms with E-state index in [4.69, 9.17) is 9.47 Å². The highest BCUT2D eigenvalue weighted by atomic mass is 127. The van der Waals surface area contributed by atoms with Crippen molar-refractivity contribution >= 4 is 29.9 Å². The number of ether oxygens (including phenoxy) is 2. The molecule has 0 amide bonds. The molecule has 6 heteroatoms. The van der Waals surface area contributed by atoms with Crippen LogP contribution in [0.4, 0.5) is 0 Å². The van der Waals surface area contributed by atoms with Crippen LogP contribution < -0.4 is 15.4 Å². The number of guanidine groups is 1. The molecule has 1 saturated heterocycles. The molecule has 1 aromatic carbocycles. The van der Waals surface area contributed by atoms with Crippen molar-refractivity contribution in [1.29, 1.82) is 0 Å². The third-order valence-corrected chi connectivity index (χ3v) is 5.26. The Kier molecular flexibility index (Phi) is 6.36. The van der Waals surface area contributed by atoms with Crippen LogP contribution in [0.3, 0.4) is 0 Å². The summed E-state index contributed by atoms with van der Waals surface area (Å²) in [5.74, 6) is 2.32. The van der Waals surface area contributed by atoms with Crippen molar-refractivity contribution in [2.24, 2.45) is 16.3 Å². The first-order chi connectivity index (χ1) is 11.1. The van der Waals surface area contributed by atoms with Crippen molar-refractivity contribution in [2.45, 2.75) is 39.0 Å². The summed E-state index contributed by atoms with van der Waals surface area (Å²) in [6, 6.07) is 8.44. The standard InChI is InChI=1S/C18H27N3O2.HI/c1-18(2)15(13-9-10-23-16(13)18)21-17(19-3)20-11-12-7-5-6-8-14(12)22-4;/h5-8,13,15-16H,9-11H2,1-4H3,(H2,19,20,21);1H. The number of nitrogens with one attached hydrogen (secondary N) is 2. The van der Waals surface area contributed by atoms with Crippen LogP contribution in [0.5, 0.6) is 5.75 Å². The number of methoxy groups -OCH3 is 1. The maximum Gasteiger partial charge on any atom is 0.191 e. The number of hydrogen-bond donors (Lipinski definition) is 2. The Labute approximate surface area is 161 Å². The number of para-hydroxylation sites is 1. The molecule has 3 rings (SSSR count). The number of rotatable bonds is 4. The molecule has 3 unspecified atom stereocenters. The van der Waals surface area contributed by atoms with Crippen LogP contribution >= 0.6 is 24.0 Å². The lowest BCUT2D eigenvalue weighted by atomic mass is 9.57. The Morgan fingerprint density at radius 2 is 2.12 bits per heavy atom.